The van der Waals surface area contributed by atoms with Crippen molar-refractivity contribution in [3.8, 4) is 5.75 Å². The Morgan fingerprint density at radius 3 is 2.89 bits per heavy atom. The lowest BCUT2D eigenvalue weighted by molar-refractivity contribution is 0.0600. The maximum absolute atomic E-state index is 11.8. The summed E-state index contributed by atoms with van der Waals surface area (Å²) in [6.07, 6.45) is 4.55. The average molecular weight is 383 g/mol. The van der Waals surface area contributed by atoms with E-state index in [4.69, 9.17) is 15.2 Å². The van der Waals surface area contributed by atoms with Crippen molar-refractivity contribution in [1.82, 2.24) is 0 Å². The molecule has 1 aliphatic heterocycles. The van der Waals surface area contributed by atoms with Crippen LogP contribution < -0.4 is 15.4 Å². The summed E-state index contributed by atoms with van der Waals surface area (Å²) in [5, 5.41) is 0. The summed E-state index contributed by atoms with van der Waals surface area (Å²) in [4.78, 5) is 14.1. The van der Waals surface area contributed by atoms with Gasteiger partial charge >= 0.3 is 5.97 Å². The number of nitrogens with two attached hydrogens (primary N) is 1. The van der Waals surface area contributed by atoms with E-state index in [1.165, 1.54) is 20.0 Å². The highest BCUT2D eigenvalue weighted by Gasteiger charge is 2.20. The smallest absolute Gasteiger partial charge is 0.337 e. The molecule has 0 aromatic heterocycles. The zero-order valence-corrected chi connectivity index (χ0v) is 16.8. The Bertz CT molecular complexity index is 806. The van der Waals surface area contributed by atoms with Crippen molar-refractivity contribution in [1.29, 1.82) is 0 Å². The minimum atomic E-state index is -0.315. The minimum absolute atomic E-state index is 0.0447. The maximum atomic E-state index is 11.8. The van der Waals surface area contributed by atoms with Gasteiger partial charge in [-0.25, -0.2) is 4.79 Å². The van der Waals surface area contributed by atoms with Crippen LogP contribution in [0.2, 0.25) is 0 Å². The number of hydrogen-bond acceptors (Lipinski definition) is 5. The van der Waals surface area contributed by atoms with Crippen molar-refractivity contribution in [2.45, 2.75) is 45.2 Å². The molecule has 0 aliphatic carbocycles. The van der Waals surface area contributed by atoms with E-state index in [0.29, 0.717) is 18.7 Å². The molecule has 2 aromatic rings. The Morgan fingerprint density at radius 2 is 2.11 bits per heavy atom. The molecule has 28 heavy (non-hydrogen) atoms. The highest BCUT2D eigenvalue weighted by atomic mass is 16.5. The molecule has 0 saturated heterocycles. The molecule has 0 fully saturated rings. The fourth-order valence-corrected chi connectivity index (χ4v) is 3.60. The maximum Gasteiger partial charge on any atom is 0.337 e. The van der Waals surface area contributed by atoms with Crippen LogP contribution >= 0.6 is 0 Å². The first-order valence-corrected chi connectivity index (χ1v) is 10.1. The van der Waals surface area contributed by atoms with Crippen molar-refractivity contribution in [3.05, 3.63) is 59.2 Å². The van der Waals surface area contributed by atoms with Gasteiger partial charge in [-0.3, -0.25) is 0 Å². The van der Waals surface area contributed by atoms with Crippen LogP contribution in [-0.4, -0.2) is 26.2 Å². The Labute approximate surface area is 167 Å². The normalized spacial score (nSPS) is 14.2. The lowest BCUT2D eigenvalue weighted by atomic mass is 9.99. The molecule has 1 aliphatic rings. The number of unbranched alkanes of at least 4 members (excludes halogenated alkanes) is 2. The molecule has 3 rings (SSSR count). The van der Waals surface area contributed by atoms with Gasteiger partial charge in [-0.1, -0.05) is 44.4 Å². The van der Waals surface area contributed by atoms with Crippen molar-refractivity contribution in [2.75, 3.05) is 25.2 Å². The molecule has 2 aromatic carbocycles. The van der Waals surface area contributed by atoms with Crippen LogP contribution in [0.25, 0.3) is 0 Å². The van der Waals surface area contributed by atoms with Crippen LogP contribution in [0.15, 0.2) is 42.5 Å². The first-order chi connectivity index (χ1) is 13.6. The second-order valence-electron chi connectivity index (χ2n) is 7.29. The average Bonchev–Trinajstić information content (AvgIpc) is 2.73. The predicted octanol–water partition coefficient (Wildman–Crippen LogP) is 4.45. The molecule has 0 amide bonds. The molecule has 150 valence electrons. The van der Waals surface area contributed by atoms with Gasteiger partial charge in [0.15, 0.2) is 0 Å². The van der Waals surface area contributed by atoms with Gasteiger partial charge < -0.3 is 20.1 Å². The molecule has 1 heterocycles. The summed E-state index contributed by atoms with van der Waals surface area (Å²) in [6.45, 7) is 4.35. The third kappa shape index (κ3) is 4.84. The van der Waals surface area contributed by atoms with Crippen molar-refractivity contribution >= 4 is 11.7 Å². The second kappa shape index (κ2) is 9.60. The molecule has 2 N–H and O–H groups in total. The molecule has 0 spiro atoms. The van der Waals surface area contributed by atoms with Gasteiger partial charge in [0, 0.05) is 12.6 Å². The molecule has 0 radical (unpaired) electrons. The first-order valence-electron chi connectivity index (χ1n) is 10.1. The number of carbonyl (C=O) groups excluding carboxylic acids is 1. The van der Waals surface area contributed by atoms with E-state index in [1.54, 1.807) is 6.07 Å². The van der Waals surface area contributed by atoms with Crippen LogP contribution in [0.1, 0.15) is 60.1 Å². The second-order valence-corrected chi connectivity index (χ2v) is 7.29. The first kappa shape index (κ1) is 20.2. The molecule has 1 atom stereocenters. The third-order valence-corrected chi connectivity index (χ3v) is 5.21. The molecule has 0 saturated carbocycles. The number of methoxy groups -OCH3 is 1. The highest BCUT2D eigenvalue weighted by molar-refractivity contribution is 5.89. The quantitative estimate of drug-likeness (QED) is 0.540. The van der Waals surface area contributed by atoms with Crippen LogP contribution in [0.4, 0.5) is 5.69 Å². The van der Waals surface area contributed by atoms with Crippen molar-refractivity contribution < 1.29 is 14.3 Å². The predicted molar refractivity (Wildman–Crippen MR) is 112 cm³/mol. The summed E-state index contributed by atoms with van der Waals surface area (Å²) in [5.74, 6) is 0.574. The molecular weight excluding hydrogens is 352 g/mol. The highest BCUT2D eigenvalue weighted by Crippen LogP contribution is 2.35. The van der Waals surface area contributed by atoms with Gasteiger partial charge in [-0.05, 0) is 41.8 Å². The SMILES string of the molecule is CCCCCC(N)c1ccc2c(c1)N(Cc1cccc(C(=O)OC)c1)CCO2. The van der Waals surface area contributed by atoms with Gasteiger partial charge in [-0.15, -0.1) is 0 Å². The summed E-state index contributed by atoms with van der Waals surface area (Å²) in [5.41, 5.74) is 10.3. The van der Waals surface area contributed by atoms with Gasteiger partial charge in [0.05, 0.1) is 24.9 Å². The molecular formula is C23H30N2O3. The van der Waals surface area contributed by atoms with Crippen molar-refractivity contribution in [3.63, 3.8) is 0 Å². The number of hydrogen-bond donors (Lipinski definition) is 1. The van der Waals surface area contributed by atoms with Crippen LogP contribution in [0.3, 0.4) is 0 Å². The van der Waals surface area contributed by atoms with Gasteiger partial charge in [-0.2, -0.15) is 0 Å². The van der Waals surface area contributed by atoms with Crippen LogP contribution in [0.5, 0.6) is 5.75 Å². The van der Waals surface area contributed by atoms with E-state index in [9.17, 15) is 4.79 Å². The van der Waals surface area contributed by atoms with Crippen LogP contribution in [0, 0.1) is 0 Å². The number of esters is 1. The van der Waals surface area contributed by atoms with E-state index < -0.39 is 0 Å². The number of carbonyl (C=O) groups is 1. The van der Waals surface area contributed by atoms with Gasteiger partial charge in [0.1, 0.15) is 12.4 Å². The van der Waals surface area contributed by atoms with E-state index in [2.05, 4.69) is 24.0 Å². The summed E-state index contributed by atoms with van der Waals surface area (Å²) < 4.78 is 10.7. The van der Waals surface area contributed by atoms with Gasteiger partial charge in [0.2, 0.25) is 0 Å². The number of ether oxygens (including phenoxy) is 2. The number of benzene rings is 2. The topological polar surface area (TPSA) is 64.8 Å². The summed E-state index contributed by atoms with van der Waals surface area (Å²) in [7, 11) is 1.40. The lowest BCUT2D eigenvalue weighted by Gasteiger charge is -2.32. The largest absolute Gasteiger partial charge is 0.490 e. The van der Waals surface area contributed by atoms with Crippen LogP contribution in [-0.2, 0) is 11.3 Å². The summed E-state index contributed by atoms with van der Waals surface area (Å²) >= 11 is 0. The van der Waals surface area contributed by atoms with Gasteiger partial charge in [0.25, 0.3) is 0 Å². The zero-order chi connectivity index (χ0) is 19.9. The number of rotatable bonds is 8. The fourth-order valence-electron chi connectivity index (χ4n) is 3.60. The zero-order valence-electron chi connectivity index (χ0n) is 16.8. The van der Waals surface area contributed by atoms with E-state index in [0.717, 1.165) is 42.0 Å². The Kier molecular flexibility index (Phi) is 6.93. The number of anilines is 1. The molecule has 1 unspecified atom stereocenters. The monoisotopic (exact) mass is 382 g/mol. The minimum Gasteiger partial charge on any atom is -0.490 e. The molecule has 5 heteroatoms. The molecule has 0 bridgehead atoms. The Morgan fingerprint density at radius 1 is 1.25 bits per heavy atom. The van der Waals surface area contributed by atoms with E-state index >= 15 is 0 Å². The lowest BCUT2D eigenvalue weighted by Crippen LogP contribution is -2.32. The Balaban J connectivity index is 1.78. The number of fused-ring (bicyclic) bond motifs is 1. The van der Waals surface area contributed by atoms with Crippen molar-refractivity contribution in [2.24, 2.45) is 5.73 Å². The summed E-state index contributed by atoms with van der Waals surface area (Å²) in [6, 6.07) is 13.9. The third-order valence-electron chi connectivity index (χ3n) is 5.21. The van der Waals surface area contributed by atoms with E-state index in [-0.39, 0.29) is 12.0 Å². The fraction of sp³-hybridized carbons (Fsp3) is 0.435. The Hall–Kier alpha value is -2.53. The molecule has 5 nitrogen and oxygen atoms in total. The van der Waals surface area contributed by atoms with E-state index in [1.807, 2.05) is 24.3 Å². The number of nitrogens with zero attached hydrogens (tertiary/aromatic N) is 1. The standard InChI is InChI=1S/C23H30N2O3/c1-3-4-5-9-20(24)18-10-11-22-21(15-18)25(12-13-28-22)16-17-7-6-8-19(14-17)23(26)27-2/h6-8,10-11,14-15,20H,3-5,9,12-13,16,24H2,1-2H3.